The van der Waals surface area contributed by atoms with Gasteiger partial charge in [0, 0.05) is 23.6 Å². The maximum atomic E-state index is 13.1. The Morgan fingerprint density at radius 2 is 1.69 bits per heavy atom. The molecule has 3 fully saturated rings. The molecule has 0 unspecified atom stereocenters. The van der Waals surface area contributed by atoms with Gasteiger partial charge >= 0.3 is 0 Å². The Balaban J connectivity index is 1.42. The Kier molecular flexibility index (Phi) is 8.09. The SMILES string of the molecule is COc1ccc(C(=O)N[C@H]2CC[C@]3(C)CC[C@H]([C@H](C)C(=O)NC4CCCCC4)[C@H](O)[C@H]3[C@@H]2C)cc1. The summed E-state index contributed by atoms with van der Waals surface area (Å²) in [6.07, 6.45) is 9.01. The second kappa shape index (κ2) is 10.9. The number of benzene rings is 1. The summed E-state index contributed by atoms with van der Waals surface area (Å²) >= 11 is 0. The van der Waals surface area contributed by atoms with Crippen LogP contribution >= 0.6 is 0 Å². The average molecular weight is 485 g/mol. The molecule has 0 heterocycles. The number of rotatable bonds is 6. The summed E-state index contributed by atoms with van der Waals surface area (Å²) < 4.78 is 5.20. The second-order valence-electron chi connectivity index (χ2n) is 11.7. The monoisotopic (exact) mass is 484 g/mol. The van der Waals surface area contributed by atoms with Crippen molar-refractivity contribution in [2.45, 2.75) is 96.7 Å². The summed E-state index contributed by atoms with van der Waals surface area (Å²) in [5, 5.41) is 18.2. The van der Waals surface area contributed by atoms with Crippen molar-refractivity contribution in [1.82, 2.24) is 10.6 Å². The highest BCUT2D eigenvalue weighted by Gasteiger charge is 2.54. The van der Waals surface area contributed by atoms with Gasteiger partial charge in [-0.1, -0.05) is 40.0 Å². The summed E-state index contributed by atoms with van der Waals surface area (Å²) in [6.45, 7) is 6.45. The summed E-state index contributed by atoms with van der Waals surface area (Å²) in [7, 11) is 1.61. The van der Waals surface area contributed by atoms with Crippen LogP contribution in [-0.4, -0.2) is 42.2 Å². The number of carbonyl (C=O) groups is 2. The van der Waals surface area contributed by atoms with Crippen molar-refractivity contribution in [2.24, 2.45) is 29.1 Å². The Morgan fingerprint density at radius 1 is 1.03 bits per heavy atom. The zero-order chi connectivity index (χ0) is 25.2. The molecule has 35 heavy (non-hydrogen) atoms. The molecule has 4 rings (SSSR count). The van der Waals surface area contributed by atoms with Gasteiger partial charge in [0.05, 0.1) is 13.2 Å². The van der Waals surface area contributed by atoms with Crippen LogP contribution in [0.2, 0.25) is 0 Å². The lowest BCUT2D eigenvalue weighted by atomic mass is 9.51. The number of hydrogen-bond donors (Lipinski definition) is 3. The highest BCUT2D eigenvalue weighted by Crippen LogP contribution is 2.55. The zero-order valence-electron chi connectivity index (χ0n) is 21.9. The number of aliphatic hydroxyl groups is 1. The number of hydrogen-bond acceptors (Lipinski definition) is 4. The van der Waals surface area contributed by atoms with E-state index in [0.29, 0.717) is 5.56 Å². The minimum absolute atomic E-state index is 0.00227. The maximum absolute atomic E-state index is 13.1. The molecule has 3 N–H and O–H groups in total. The molecule has 0 spiro atoms. The van der Waals surface area contributed by atoms with E-state index in [1.165, 1.54) is 19.3 Å². The summed E-state index contributed by atoms with van der Waals surface area (Å²) in [4.78, 5) is 26.1. The lowest BCUT2D eigenvalue weighted by Crippen LogP contribution is -2.58. The van der Waals surface area contributed by atoms with Gasteiger partial charge in [-0.05, 0) is 86.0 Å². The predicted octanol–water partition coefficient (Wildman–Crippen LogP) is 4.70. The molecule has 6 heteroatoms. The molecule has 0 bridgehead atoms. The molecule has 0 radical (unpaired) electrons. The van der Waals surface area contributed by atoms with Crippen molar-refractivity contribution in [1.29, 1.82) is 0 Å². The van der Waals surface area contributed by atoms with E-state index >= 15 is 0 Å². The number of methoxy groups -OCH3 is 1. The van der Waals surface area contributed by atoms with E-state index in [0.717, 1.165) is 44.3 Å². The highest BCUT2D eigenvalue weighted by atomic mass is 16.5. The quantitative estimate of drug-likeness (QED) is 0.546. The third kappa shape index (κ3) is 5.52. The fourth-order valence-electron chi connectivity index (χ4n) is 7.27. The molecule has 3 saturated carbocycles. The third-order valence-corrected chi connectivity index (χ3v) is 9.56. The standard InChI is InChI=1S/C29H44N2O4/c1-18(27(33)30-21-8-6-5-7-9-21)23-14-16-29(3)17-15-24(19(2)25(29)26(23)32)31-28(34)20-10-12-22(35-4)13-11-20/h10-13,18-19,21,23-26,32H,5-9,14-17H2,1-4H3,(H,30,33)(H,31,34)/t18-,19+,23+,24-,25+,26-,29-/m0/s1. The first-order valence-corrected chi connectivity index (χ1v) is 13.7. The molecule has 1 aromatic rings. The van der Waals surface area contributed by atoms with Crippen molar-refractivity contribution in [3.05, 3.63) is 29.8 Å². The minimum Gasteiger partial charge on any atom is -0.497 e. The highest BCUT2D eigenvalue weighted by molar-refractivity contribution is 5.94. The maximum Gasteiger partial charge on any atom is 0.251 e. The van der Waals surface area contributed by atoms with Gasteiger partial charge in [-0.3, -0.25) is 9.59 Å². The van der Waals surface area contributed by atoms with Gasteiger partial charge in [0.1, 0.15) is 5.75 Å². The van der Waals surface area contributed by atoms with Gasteiger partial charge in [-0.15, -0.1) is 0 Å². The summed E-state index contributed by atoms with van der Waals surface area (Å²) in [6, 6.07) is 7.45. The molecular weight excluding hydrogens is 440 g/mol. The molecule has 194 valence electrons. The molecule has 0 aliphatic heterocycles. The van der Waals surface area contributed by atoms with Crippen LogP contribution in [0, 0.1) is 29.1 Å². The average Bonchev–Trinajstić information content (AvgIpc) is 2.86. The minimum atomic E-state index is -0.545. The summed E-state index contributed by atoms with van der Waals surface area (Å²) in [5.74, 6) is 0.658. The number of carbonyl (C=O) groups excluding carboxylic acids is 2. The van der Waals surface area contributed by atoms with Crippen LogP contribution < -0.4 is 15.4 Å². The fraction of sp³-hybridized carbons (Fsp3) is 0.724. The van der Waals surface area contributed by atoms with E-state index in [1.807, 2.05) is 6.92 Å². The first-order valence-electron chi connectivity index (χ1n) is 13.7. The first kappa shape index (κ1) is 26.0. The van der Waals surface area contributed by atoms with Gasteiger partial charge in [-0.25, -0.2) is 0 Å². The van der Waals surface area contributed by atoms with Crippen molar-refractivity contribution in [3.8, 4) is 5.75 Å². The van der Waals surface area contributed by atoms with Crippen LogP contribution in [0.4, 0.5) is 0 Å². The Morgan fingerprint density at radius 3 is 2.34 bits per heavy atom. The molecule has 0 saturated heterocycles. The molecule has 6 nitrogen and oxygen atoms in total. The van der Waals surface area contributed by atoms with E-state index in [4.69, 9.17) is 4.74 Å². The molecule has 3 aliphatic carbocycles. The van der Waals surface area contributed by atoms with E-state index in [1.54, 1.807) is 31.4 Å². The van der Waals surface area contributed by atoms with Crippen molar-refractivity contribution in [2.75, 3.05) is 7.11 Å². The number of nitrogens with one attached hydrogen (secondary N) is 2. The number of aliphatic hydroxyl groups excluding tert-OH is 1. The van der Waals surface area contributed by atoms with Crippen LogP contribution in [0.25, 0.3) is 0 Å². The number of amides is 2. The van der Waals surface area contributed by atoms with E-state index in [2.05, 4.69) is 24.5 Å². The topological polar surface area (TPSA) is 87.7 Å². The van der Waals surface area contributed by atoms with Gasteiger partial charge < -0.3 is 20.5 Å². The second-order valence-corrected chi connectivity index (χ2v) is 11.7. The smallest absolute Gasteiger partial charge is 0.251 e. The van der Waals surface area contributed by atoms with Gasteiger partial charge in [0.15, 0.2) is 0 Å². The third-order valence-electron chi connectivity index (χ3n) is 9.56. The molecular formula is C29H44N2O4. The molecule has 0 aromatic heterocycles. The fourth-order valence-corrected chi connectivity index (χ4v) is 7.27. The predicted molar refractivity (Wildman–Crippen MR) is 137 cm³/mol. The normalized spacial score (nSPS) is 34.4. The van der Waals surface area contributed by atoms with Crippen LogP contribution in [0.5, 0.6) is 5.75 Å². The van der Waals surface area contributed by atoms with Gasteiger partial charge in [-0.2, -0.15) is 0 Å². The summed E-state index contributed by atoms with van der Waals surface area (Å²) in [5.41, 5.74) is 0.650. The lowest BCUT2D eigenvalue weighted by molar-refractivity contribution is -0.142. The van der Waals surface area contributed by atoms with Crippen molar-refractivity contribution in [3.63, 3.8) is 0 Å². The zero-order valence-corrected chi connectivity index (χ0v) is 21.9. The van der Waals surface area contributed by atoms with Crippen molar-refractivity contribution < 1.29 is 19.4 Å². The van der Waals surface area contributed by atoms with Crippen LogP contribution in [0.15, 0.2) is 24.3 Å². The van der Waals surface area contributed by atoms with E-state index in [9.17, 15) is 14.7 Å². The van der Waals surface area contributed by atoms with Crippen LogP contribution in [0.1, 0.15) is 88.9 Å². The van der Waals surface area contributed by atoms with Gasteiger partial charge in [0.25, 0.3) is 5.91 Å². The number of fused-ring (bicyclic) bond motifs is 1. The van der Waals surface area contributed by atoms with E-state index in [-0.39, 0.29) is 53.0 Å². The molecule has 7 atom stereocenters. The number of ether oxygens (including phenoxy) is 1. The van der Waals surface area contributed by atoms with Crippen LogP contribution in [0.3, 0.4) is 0 Å². The first-order chi connectivity index (χ1) is 16.7. The molecule has 1 aromatic carbocycles. The largest absolute Gasteiger partial charge is 0.497 e. The lowest BCUT2D eigenvalue weighted by Gasteiger charge is -2.56. The van der Waals surface area contributed by atoms with E-state index < -0.39 is 6.10 Å². The van der Waals surface area contributed by atoms with Crippen LogP contribution in [-0.2, 0) is 4.79 Å². The Bertz CT molecular complexity index is 881. The molecule has 2 amide bonds. The van der Waals surface area contributed by atoms with Gasteiger partial charge in [0.2, 0.25) is 5.91 Å². The Labute approximate surface area is 210 Å². The molecule has 3 aliphatic rings. The van der Waals surface area contributed by atoms with Crippen molar-refractivity contribution >= 4 is 11.8 Å². The Hall–Kier alpha value is -2.08.